The van der Waals surface area contributed by atoms with E-state index >= 15 is 0 Å². The van der Waals surface area contributed by atoms with Crippen molar-refractivity contribution >= 4 is 15.7 Å². The molecule has 1 unspecified atom stereocenters. The van der Waals surface area contributed by atoms with Crippen molar-refractivity contribution < 1.29 is 17.6 Å². The highest BCUT2D eigenvalue weighted by Crippen LogP contribution is 2.23. The van der Waals surface area contributed by atoms with Crippen LogP contribution in [-0.4, -0.2) is 20.4 Å². The molecular weight excluding hydrogens is 374 g/mol. The summed E-state index contributed by atoms with van der Waals surface area (Å²) >= 11 is 0. The standard InChI is InChI=1S/C22H21NO4S/c24-22(23-19-11-10-16-6-4-5-7-17(16)14-19)21-18(12-13-27-21)15-28(25,26)20-8-2-1-3-9-20/h1-9,12-13,19H,10-11,14-15H2,(H,23,24). The van der Waals surface area contributed by atoms with Gasteiger partial charge in [0.15, 0.2) is 15.6 Å². The van der Waals surface area contributed by atoms with Crippen molar-refractivity contribution in [2.45, 2.75) is 36.0 Å². The second-order valence-electron chi connectivity index (χ2n) is 7.03. The van der Waals surface area contributed by atoms with E-state index in [4.69, 9.17) is 4.42 Å². The number of sulfone groups is 1. The average molecular weight is 395 g/mol. The van der Waals surface area contributed by atoms with E-state index in [9.17, 15) is 13.2 Å². The van der Waals surface area contributed by atoms with Crippen LogP contribution in [0, 0.1) is 0 Å². The van der Waals surface area contributed by atoms with E-state index in [2.05, 4.69) is 17.4 Å². The minimum absolute atomic E-state index is 0.00563. The summed E-state index contributed by atoms with van der Waals surface area (Å²) < 4.78 is 30.6. The first kappa shape index (κ1) is 18.5. The Morgan fingerprint density at radius 2 is 1.71 bits per heavy atom. The summed E-state index contributed by atoms with van der Waals surface area (Å²) in [5.41, 5.74) is 2.93. The van der Waals surface area contributed by atoms with Crippen LogP contribution < -0.4 is 5.32 Å². The van der Waals surface area contributed by atoms with E-state index in [1.807, 2.05) is 12.1 Å². The van der Waals surface area contributed by atoms with Crippen LogP contribution in [0.25, 0.3) is 0 Å². The first-order valence-corrected chi connectivity index (χ1v) is 10.9. The van der Waals surface area contributed by atoms with Crippen LogP contribution in [0.1, 0.15) is 33.7 Å². The summed E-state index contributed by atoms with van der Waals surface area (Å²) in [7, 11) is -3.55. The predicted molar refractivity (Wildman–Crippen MR) is 106 cm³/mol. The first-order chi connectivity index (χ1) is 13.5. The number of carbonyl (C=O) groups is 1. The molecule has 0 saturated carbocycles. The predicted octanol–water partition coefficient (Wildman–Crippen LogP) is 3.54. The lowest BCUT2D eigenvalue weighted by Gasteiger charge is -2.25. The van der Waals surface area contributed by atoms with E-state index < -0.39 is 9.84 Å². The minimum Gasteiger partial charge on any atom is -0.459 e. The topological polar surface area (TPSA) is 76.4 Å². The first-order valence-electron chi connectivity index (χ1n) is 9.25. The highest BCUT2D eigenvalue weighted by molar-refractivity contribution is 7.90. The van der Waals surface area contributed by atoms with Crippen LogP contribution in [0.15, 0.2) is 76.2 Å². The summed E-state index contributed by atoms with van der Waals surface area (Å²) in [5, 5.41) is 3.00. The summed E-state index contributed by atoms with van der Waals surface area (Å²) in [4.78, 5) is 13.0. The Hall–Kier alpha value is -2.86. The van der Waals surface area contributed by atoms with Crippen LogP contribution in [-0.2, 0) is 28.4 Å². The maximum absolute atomic E-state index is 12.7. The van der Waals surface area contributed by atoms with E-state index in [0.29, 0.717) is 5.56 Å². The van der Waals surface area contributed by atoms with E-state index in [0.717, 1.165) is 19.3 Å². The zero-order valence-electron chi connectivity index (χ0n) is 15.3. The van der Waals surface area contributed by atoms with Crippen molar-refractivity contribution in [1.29, 1.82) is 0 Å². The molecule has 1 atom stereocenters. The summed E-state index contributed by atoms with van der Waals surface area (Å²) in [6, 6.07) is 18.0. The van der Waals surface area contributed by atoms with Crippen molar-refractivity contribution in [3.8, 4) is 0 Å². The van der Waals surface area contributed by atoms with Crippen molar-refractivity contribution in [2.75, 3.05) is 0 Å². The molecule has 1 aromatic heterocycles. The molecule has 1 aliphatic carbocycles. The highest BCUT2D eigenvalue weighted by Gasteiger charge is 2.25. The van der Waals surface area contributed by atoms with Gasteiger partial charge in [-0.3, -0.25) is 4.79 Å². The van der Waals surface area contributed by atoms with Gasteiger partial charge in [0.2, 0.25) is 0 Å². The normalized spacial score (nSPS) is 16.4. The largest absolute Gasteiger partial charge is 0.459 e. The number of hydrogen-bond donors (Lipinski definition) is 1. The van der Waals surface area contributed by atoms with Crippen LogP contribution in [0.2, 0.25) is 0 Å². The monoisotopic (exact) mass is 395 g/mol. The summed E-state index contributed by atoms with van der Waals surface area (Å²) in [6.45, 7) is 0. The van der Waals surface area contributed by atoms with E-state index in [1.165, 1.54) is 17.4 Å². The lowest BCUT2D eigenvalue weighted by atomic mass is 9.88. The van der Waals surface area contributed by atoms with Crippen LogP contribution in [0.5, 0.6) is 0 Å². The molecule has 0 bridgehead atoms. The Labute approximate surface area is 164 Å². The Balaban J connectivity index is 1.48. The fourth-order valence-electron chi connectivity index (χ4n) is 3.64. The Morgan fingerprint density at radius 3 is 2.50 bits per heavy atom. The number of carbonyl (C=O) groups excluding carboxylic acids is 1. The number of rotatable bonds is 5. The Morgan fingerprint density at radius 1 is 1.00 bits per heavy atom. The Kier molecular flexibility index (Phi) is 5.05. The van der Waals surface area contributed by atoms with Crippen LogP contribution >= 0.6 is 0 Å². The molecule has 4 rings (SSSR count). The summed E-state index contributed by atoms with van der Waals surface area (Å²) in [5.74, 6) is -0.574. The highest BCUT2D eigenvalue weighted by atomic mass is 32.2. The van der Waals surface area contributed by atoms with Gasteiger partial charge in [0.25, 0.3) is 5.91 Å². The van der Waals surface area contributed by atoms with Gasteiger partial charge in [-0.1, -0.05) is 42.5 Å². The molecular formula is C22H21NO4S. The van der Waals surface area contributed by atoms with Gasteiger partial charge in [-0.25, -0.2) is 8.42 Å². The molecule has 1 N–H and O–H groups in total. The van der Waals surface area contributed by atoms with Gasteiger partial charge in [0.1, 0.15) is 0 Å². The molecule has 0 radical (unpaired) electrons. The van der Waals surface area contributed by atoms with Gasteiger partial charge in [-0.05, 0) is 48.6 Å². The molecule has 0 fully saturated rings. The van der Waals surface area contributed by atoms with E-state index in [1.54, 1.807) is 36.4 Å². The van der Waals surface area contributed by atoms with Gasteiger partial charge < -0.3 is 9.73 Å². The van der Waals surface area contributed by atoms with Crippen molar-refractivity contribution in [3.05, 3.63) is 89.4 Å². The number of fused-ring (bicyclic) bond motifs is 1. The smallest absolute Gasteiger partial charge is 0.287 e. The number of aryl methyl sites for hydroxylation is 1. The average Bonchev–Trinajstić information content (AvgIpc) is 3.16. The summed E-state index contributed by atoms with van der Waals surface area (Å²) in [6.07, 6.45) is 3.89. The number of amides is 1. The minimum atomic E-state index is -3.55. The SMILES string of the molecule is O=C(NC1CCc2ccccc2C1)c1occc1CS(=O)(=O)c1ccccc1. The fraction of sp³-hybridized carbons (Fsp3) is 0.227. The van der Waals surface area contributed by atoms with Gasteiger partial charge in [0, 0.05) is 11.6 Å². The Bertz CT molecular complexity index is 1090. The number of hydrogen-bond acceptors (Lipinski definition) is 4. The molecule has 28 heavy (non-hydrogen) atoms. The molecule has 3 aromatic rings. The fourth-order valence-corrected chi connectivity index (χ4v) is 5.01. The molecule has 0 spiro atoms. The molecule has 6 heteroatoms. The molecule has 0 aliphatic heterocycles. The van der Waals surface area contributed by atoms with Crippen molar-refractivity contribution in [3.63, 3.8) is 0 Å². The molecule has 2 aromatic carbocycles. The van der Waals surface area contributed by atoms with Crippen LogP contribution in [0.4, 0.5) is 0 Å². The third-order valence-electron chi connectivity index (χ3n) is 5.08. The lowest BCUT2D eigenvalue weighted by molar-refractivity contribution is 0.0904. The van der Waals surface area contributed by atoms with Gasteiger partial charge in [-0.2, -0.15) is 0 Å². The van der Waals surface area contributed by atoms with Gasteiger partial charge in [0.05, 0.1) is 16.9 Å². The van der Waals surface area contributed by atoms with Gasteiger partial charge >= 0.3 is 0 Å². The molecule has 1 aliphatic rings. The number of furan rings is 1. The number of benzene rings is 2. The lowest BCUT2D eigenvalue weighted by Crippen LogP contribution is -2.39. The quantitative estimate of drug-likeness (QED) is 0.717. The molecule has 5 nitrogen and oxygen atoms in total. The maximum atomic E-state index is 12.7. The van der Waals surface area contributed by atoms with Gasteiger partial charge in [-0.15, -0.1) is 0 Å². The number of nitrogens with one attached hydrogen (secondary N) is 1. The molecule has 0 saturated heterocycles. The zero-order chi connectivity index (χ0) is 19.6. The third kappa shape index (κ3) is 3.87. The molecule has 1 amide bonds. The zero-order valence-corrected chi connectivity index (χ0v) is 16.1. The third-order valence-corrected chi connectivity index (χ3v) is 6.76. The van der Waals surface area contributed by atoms with Crippen molar-refractivity contribution in [2.24, 2.45) is 0 Å². The van der Waals surface area contributed by atoms with Crippen LogP contribution in [0.3, 0.4) is 0 Å². The molecule has 1 heterocycles. The second kappa shape index (κ2) is 7.64. The maximum Gasteiger partial charge on any atom is 0.287 e. The molecule has 144 valence electrons. The second-order valence-corrected chi connectivity index (χ2v) is 9.02. The van der Waals surface area contributed by atoms with Crippen molar-refractivity contribution in [1.82, 2.24) is 5.32 Å². The van der Waals surface area contributed by atoms with E-state index in [-0.39, 0.29) is 28.4 Å².